The van der Waals surface area contributed by atoms with Crippen molar-refractivity contribution < 1.29 is 13.9 Å². The Bertz CT molecular complexity index is 522. The Balaban J connectivity index is 2.05. The van der Waals surface area contributed by atoms with E-state index in [0.29, 0.717) is 13.2 Å². The number of fused-ring (bicyclic) bond motifs is 1. The summed E-state index contributed by atoms with van der Waals surface area (Å²) >= 11 is 0. The molecule has 0 amide bonds. The summed E-state index contributed by atoms with van der Waals surface area (Å²) in [5.74, 6) is 1.63. The van der Waals surface area contributed by atoms with E-state index < -0.39 is 0 Å². The summed E-state index contributed by atoms with van der Waals surface area (Å²) in [6, 6.07) is 7.94. The van der Waals surface area contributed by atoms with Crippen LogP contribution in [0.4, 0.5) is 0 Å². The molecule has 1 unspecified atom stereocenters. The van der Waals surface area contributed by atoms with Crippen molar-refractivity contribution in [3.8, 4) is 11.5 Å². The Morgan fingerprint density at radius 3 is 2.83 bits per heavy atom. The fourth-order valence-electron chi connectivity index (χ4n) is 2.26. The maximum atomic E-state index is 5.74. The van der Waals surface area contributed by atoms with Gasteiger partial charge in [0.05, 0.1) is 18.6 Å². The average Bonchev–Trinajstić information content (AvgIpc) is 2.94. The van der Waals surface area contributed by atoms with Crippen LogP contribution in [0.3, 0.4) is 0 Å². The molecule has 0 radical (unpaired) electrons. The molecule has 0 bridgehead atoms. The van der Waals surface area contributed by atoms with Gasteiger partial charge in [0.15, 0.2) is 11.5 Å². The SMILES string of the molecule is CNC(c1ccoc1)c1cccc2c1OCCO2. The van der Waals surface area contributed by atoms with Crippen LogP contribution in [0.25, 0.3) is 0 Å². The Hall–Kier alpha value is -1.94. The number of benzene rings is 1. The van der Waals surface area contributed by atoms with Gasteiger partial charge in [0.2, 0.25) is 0 Å². The summed E-state index contributed by atoms with van der Waals surface area (Å²) in [5, 5.41) is 3.28. The van der Waals surface area contributed by atoms with Crippen LogP contribution in [0.1, 0.15) is 17.2 Å². The summed E-state index contributed by atoms with van der Waals surface area (Å²) < 4.78 is 16.5. The molecule has 1 N–H and O–H groups in total. The molecule has 4 nitrogen and oxygen atoms in total. The van der Waals surface area contributed by atoms with E-state index in [1.54, 1.807) is 12.5 Å². The molecule has 2 heterocycles. The quantitative estimate of drug-likeness (QED) is 0.901. The van der Waals surface area contributed by atoms with Gasteiger partial charge in [-0.15, -0.1) is 0 Å². The number of para-hydroxylation sites is 1. The van der Waals surface area contributed by atoms with E-state index >= 15 is 0 Å². The fourth-order valence-corrected chi connectivity index (χ4v) is 2.26. The molecule has 2 aromatic rings. The maximum Gasteiger partial charge on any atom is 0.166 e. The second-order valence-electron chi connectivity index (χ2n) is 4.15. The summed E-state index contributed by atoms with van der Waals surface area (Å²) in [4.78, 5) is 0. The van der Waals surface area contributed by atoms with Gasteiger partial charge < -0.3 is 19.2 Å². The fraction of sp³-hybridized carbons (Fsp3) is 0.286. The van der Waals surface area contributed by atoms with Gasteiger partial charge in [0.25, 0.3) is 0 Å². The third kappa shape index (κ3) is 1.84. The second kappa shape index (κ2) is 4.74. The van der Waals surface area contributed by atoms with Crippen molar-refractivity contribution in [3.05, 3.63) is 47.9 Å². The average molecular weight is 245 g/mol. The van der Waals surface area contributed by atoms with Crippen LogP contribution in [0.15, 0.2) is 41.2 Å². The highest BCUT2D eigenvalue weighted by Gasteiger charge is 2.22. The number of nitrogens with one attached hydrogen (secondary N) is 1. The largest absolute Gasteiger partial charge is 0.486 e. The highest BCUT2D eigenvalue weighted by Crippen LogP contribution is 2.38. The molecular formula is C14H15NO3. The Morgan fingerprint density at radius 1 is 1.17 bits per heavy atom. The summed E-state index contributed by atoms with van der Waals surface area (Å²) in [5.41, 5.74) is 2.14. The van der Waals surface area contributed by atoms with Crippen molar-refractivity contribution in [2.45, 2.75) is 6.04 Å². The van der Waals surface area contributed by atoms with Gasteiger partial charge in [-0.1, -0.05) is 12.1 Å². The van der Waals surface area contributed by atoms with Crippen molar-refractivity contribution in [3.63, 3.8) is 0 Å². The lowest BCUT2D eigenvalue weighted by molar-refractivity contribution is 0.169. The summed E-state index contributed by atoms with van der Waals surface area (Å²) in [7, 11) is 1.92. The van der Waals surface area contributed by atoms with E-state index in [4.69, 9.17) is 13.9 Å². The molecule has 3 rings (SSSR count). The molecular weight excluding hydrogens is 230 g/mol. The predicted molar refractivity (Wildman–Crippen MR) is 67.0 cm³/mol. The van der Waals surface area contributed by atoms with Crippen LogP contribution in [-0.4, -0.2) is 20.3 Å². The van der Waals surface area contributed by atoms with E-state index in [2.05, 4.69) is 5.32 Å². The first-order valence-electron chi connectivity index (χ1n) is 5.98. The molecule has 1 aliphatic rings. The molecule has 94 valence electrons. The van der Waals surface area contributed by atoms with Crippen LogP contribution in [0.5, 0.6) is 11.5 Å². The standard InChI is InChI=1S/C14H15NO3/c1-15-13(10-5-6-16-9-10)11-3-2-4-12-14(11)18-8-7-17-12/h2-6,9,13,15H,7-8H2,1H3. The first-order chi connectivity index (χ1) is 8.90. The van der Waals surface area contributed by atoms with Gasteiger partial charge in [0.1, 0.15) is 13.2 Å². The molecule has 1 aromatic carbocycles. The minimum Gasteiger partial charge on any atom is -0.486 e. The third-order valence-corrected chi connectivity index (χ3v) is 3.07. The highest BCUT2D eigenvalue weighted by molar-refractivity contribution is 5.51. The van der Waals surface area contributed by atoms with Crippen LogP contribution < -0.4 is 14.8 Å². The molecule has 18 heavy (non-hydrogen) atoms. The minimum atomic E-state index is 0.0420. The molecule has 1 atom stereocenters. The molecule has 4 heteroatoms. The van der Waals surface area contributed by atoms with Crippen molar-refractivity contribution in [1.82, 2.24) is 5.32 Å². The lowest BCUT2D eigenvalue weighted by Gasteiger charge is -2.24. The van der Waals surface area contributed by atoms with Gasteiger partial charge >= 0.3 is 0 Å². The van der Waals surface area contributed by atoms with E-state index in [9.17, 15) is 0 Å². The lowest BCUT2D eigenvalue weighted by Crippen LogP contribution is -2.21. The second-order valence-corrected chi connectivity index (χ2v) is 4.15. The van der Waals surface area contributed by atoms with Gasteiger partial charge in [-0.05, 0) is 19.2 Å². The predicted octanol–water partition coefficient (Wildman–Crippen LogP) is 2.36. The summed E-state index contributed by atoms with van der Waals surface area (Å²) in [6.45, 7) is 1.19. The zero-order valence-corrected chi connectivity index (χ0v) is 10.2. The zero-order chi connectivity index (χ0) is 12.4. The van der Waals surface area contributed by atoms with Crippen molar-refractivity contribution in [2.24, 2.45) is 0 Å². The highest BCUT2D eigenvalue weighted by atomic mass is 16.6. The topological polar surface area (TPSA) is 43.6 Å². The van der Waals surface area contributed by atoms with Crippen molar-refractivity contribution in [1.29, 1.82) is 0 Å². The molecule has 0 fully saturated rings. The number of hydrogen-bond acceptors (Lipinski definition) is 4. The zero-order valence-electron chi connectivity index (χ0n) is 10.2. The molecule has 0 aliphatic carbocycles. The van der Waals surface area contributed by atoms with Crippen LogP contribution in [0, 0.1) is 0 Å². The Kier molecular flexibility index (Phi) is 2.94. The molecule has 1 aliphatic heterocycles. The first-order valence-corrected chi connectivity index (χ1v) is 5.98. The van der Waals surface area contributed by atoms with Gasteiger partial charge in [-0.2, -0.15) is 0 Å². The normalized spacial score (nSPS) is 15.4. The maximum absolute atomic E-state index is 5.74. The van der Waals surface area contributed by atoms with E-state index in [0.717, 1.165) is 22.6 Å². The van der Waals surface area contributed by atoms with Crippen LogP contribution in [-0.2, 0) is 0 Å². The Morgan fingerprint density at radius 2 is 2.06 bits per heavy atom. The smallest absolute Gasteiger partial charge is 0.166 e. The number of rotatable bonds is 3. The van der Waals surface area contributed by atoms with Gasteiger partial charge in [-0.25, -0.2) is 0 Å². The minimum absolute atomic E-state index is 0.0420. The molecule has 1 aromatic heterocycles. The van der Waals surface area contributed by atoms with Crippen molar-refractivity contribution in [2.75, 3.05) is 20.3 Å². The van der Waals surface area contributed by atoms with Gasteiger partial charge in [-0.3, -0.25) is 0 Å². The molecule has 0 saturated heterocycles. The third-order valence-electron chi connectivity index (χ3n) is 3.07. The molecule has 0 spiro atoms. The number of ether oxygens (including phenoxy) is 2. The van der Waals surface area contributed by atoms with Gasteiger partial charge in [0, 0.05) is 11.1 Å². The molecule has 0 saturated carbocycles. The van der Waals surface area contributed by atoms with E-state index in [1.807, 2.05) is 31.3 Å². The first kappa shape index (κ1) is 11.2. The van der Waals surface area contributed by atoms with Crippen molar-refractivity contribution >= 4 is 0 Å². The number of furan rings is 1. The lowest BCUT2D eigenvalue weighted by atomic mass is 10.00. The van der Waals surface area contributed by atoms with Crippen LogP contribution >= 0.6 is 0 Å². The Labute approximate surface area is 106 Å². The van der Waals surface area contributed by atoms with E-state index in [-0.39, 0.29) is 6.04 Å². The number of hydrogen-bond donors (Lipinski definition) is 1. The van der Waals surface area contributed by atoms with Crippen LogP contribution in [0.2, 0.25) is 0 Å². The van der Waals surface area contributed by atoms with E-state index in [1.165, 1.54) is 0 Å². The summed E-state index contributed by atoms with van der Waals surface area (Å²) in [6.07, 6.45) is 3.41. The monoisotopic (exact) mass is 245 g/mol.